The van der Waals surface area contributed by atoms with Crippen molar-refractivity contribution in [2.45, 2.75) is 93.3 Å². The van der Waals surface area contributed by atoms with Crippen LogP contribution in [-0.4, -0.2) is 155 Å². The standard InChI is InChI=1S/C37H52N10O11S/c1-3-6-24-32(54)41-15-31(53)43-27(18-59-36-19(2)22-7-4-5-8-23(22)46-36)34(56)44-25(9-10-48)37(58)47-16-20(38)11-28(47)35(57)45-26(12-21(50)17-49)33(55)40-13-29(51)39-14-30(52)42-24/h4-5,7-8,10,20-21,24-28,46,49-50H,3,6,9,11-18,38H2,1-2H3,(H,39,51)(H,40,55)(H,41,54)(H,42,52)(H,43,53)(H,44,56)(H,45,57)/t20-,21?,24?,25?,26?,27+,28?/m1/s1. The minimum Gasteiger partial charge on any atom is -0.394 e. The number of aliphatic hydroxyl groups is 2. The number of aromatic nitrogens is 1. The summed E-state index contributed by atoms with van der Waals surface area (Å²) < 4.78 is 0. The molecule has 0 spiro atoms. The number of aromatic amines is 1. The Hall–Kier alpha value is -5.58. The molecular formula is C37H52N10O11S. The molecule has 59 heavy (non-hydrogen) atoms. The van der Waals surface area contributed by atoms with Gasteiger partial charge in [-0.1, -0.05) is 31.5 Å². The van der Waals surface area contributed by atoms with Crippen molar-refractivity contribution in [3.8, 4) is 0 Å². The lowest BCUT2D eigenvalue weighted by molar-refractivity contribution is -0.143. The molecule has 21 nitrogen and oxygen atoms in total. The number of aryl methyl sites for hydroxylation is 1. The van der Waals surface area contributed by atoms with Crippen LogP contribution in [-0.2, 0) is 43.2 Å². The van der Waals surface area contributed by atoms with E-state index in [2.05, 4.69) is 42.2 Å². The predicted octanol–water partition coefficient (Wildman–Crippen LogP) is -4.07. The predicted molar refractivity (Wildman–Crippen MR) is 212 cm³/mol. The van der Waals surface area contributed by atoms with Gasteiger partial charge in [0.05, 0.1) is 37.4 Å². The lowest BCUT2D eigenvalue weighted by atomic mass is 10.1. The first kappa shape index (κ1) is 46.1. The summed E-state index contributed by atoms with van der Waals surface area (Å²) >= 11 is 1.20. The maximum atomic E-state index is 14.1. The second-order valence-electron chi connectivity index (χ2n) is 14.3. The number of aliphatic hydroxyl groups excluding tert-OH is 2. The first-order chi connectivity index (χ1) is 28.1. The number of nitrogens with zero attached hydrogens (tertiary/aromatic N) is 1. The van der Waals surface area contributed by atoms with Crippen LogP contribution in [0.4, 0.5) is 0 Å². The Morgan fingerprint density at radius 1 is 0.831 bits per heavy atom. The zero-order chi connectivity index (χ0) is 43.2. The summed E-state index contributed by atoms with van der Waals surface area (Å²) in [5.74, 6) is -6.73. The average Bonchev–Trinajstić information content (AvgIpc) is 3.77. The highest BCUT2D eigenvalue weighted by Gasteiger charge is 2.42. The second kappa shape index (κ2) is 22.0. The largest absolute Gasteiger partial charge is 0.394 e. The van der Waals surface area contributed by atoms with Crippen molar-refractivity contribution in [2.75, 3.05) is 38.5 Å². The van der Waals surface area contributed by atoms with Gasteiger partial charge in [0.15, 0.2) is 0 Å². The summed E-state index contributed by atoms with van der Waals surface area (Å²) in [6.45, 7) is 0.808. The Balaban J connectivity index is 1.65. The van der Waals surface area contributed by atoms with Gasteiger partial charge in [-0.15, -0.1) is 11.8 Å². The molecule has 22 heteroatoms. The summed E-state index contributed by atoms with van der Waals surface area (Å²) in [6, 6.07) is -0.0376. The van der Waals surface area contributed by atoms with Crippen LogP contribution in [0.1, 0.15) is 44.6 Å². The minimum absolute atomic E-state index is 0.0792. The highest BCUT2D eigenvalue weighted by molar-refractivity contribution is 7.99. The van der Waals surface area contributed by atoms with Crippen LogP contribution in [0.5, 0.6) is 0 Å². The number of fused-ring (bicyclic) bond motifs is 2. The molecule has 3 heterocycles. The molecule has 0 radical (unpaired) electrons. The van der Waals surface area contributed by atoms with Crippen molar-refractivity contribution in [3.63, 3.8) is 0 Å². The van der Waals surface area contributed by atoms with Gasteiger partial charge in [-0.25, -0.2) is 0 Å². The summed E-state index contributed by atoms with van der Waals surface area (Å²) in [7, 11) is 0. The van der Waals surface area contributed by atoms with Crippen LogP contribution < -0.4 is 43.0 Å². The third-order valence-corrected chi connectivity index (χ3v) is 10.9. The molecule has 322 valence electrons. The van der Waals surface area contributed by atoms with Crippen molar-refractivity contribution in [2.24, 2.45) is 5.73 Å². The smallest absolute Gasteiger partial charge is 0.246 e. The SMILES string of the molecule is CCCC1NC(=O)CNC(=O)CNC(=O)C(CC(O)CO)NC(=O)C2C[C@@H](N)CN2C(=O)C(CC=O)NC(=O)[C@H](CSc2[nH]c3ccccc3c2C)NC(=O)CNC1=O. The molecule has 4 rings (SSSR count). The molecule has 2 aliphatic rings. The quantitative estimate of drug-likeness (QED) is 0.0802. The third kappa shape index (κ3) is 13.0. The van der Waals surface area contributed by atoms with Gasteiger partial charge in [0.25, 0.3) is 0 Å². The molecule has 12 N–H and O–H groups in total. The molecule has 5 unspecified atom stereocenters. The minimum atomic E-state index is -1.53. The van der Waals surface area contributed by atoms with Crippen LogP contribution in [0.2, 0.25) is 0 Å². The lowest BCUT2D eigenvalue weighted by Crippen LogP contribution is -2.59. The van der Waals surface area contributed by atoms with Crippen molar-refractivity contribution in [3.05, 3.63) is 29.8 Å². The molecule has 2 aliphatic heterocycles. The van der Waals surface area contributed by atoms with Gasteiger partial charge in [0.1, 0.15) is 36.5 Å². The van der Waals surface area contributed by atoms with E-state index in [1.807, 2.05) is 31.2 Å². The fourth-order valence-electron chi connectivity index (χ4n) is 6.62. The lowest BCUT2D eigenvalue weighted by Gasteiger charge is -2.30. The highest BCUT2D eigenvalue weighted by atomic mass is 32.2. The van der Waals surface area contributed by atoms with Crippen molar-refractivity contribution >= 4 is 76.2 Å². The van der Waals surface area contributed by atoms with E-state index in [1.54, 1.807) is 6.92 Å². The zero-order valence-corrected chi connectivity index (χ0v) is 33.5. The van der Waals surface area contributed by atoms with Crippen LogP contribution in [0.15, 0.2) is 29.3 Å². The number of nitrogens with one attached hydrogen (secondary N) is 8. The number of amides is 8. The van der Waals surface area contributed by atoms with Gasteiger partial charge in [0, 0.05) is 42.1 Å². The number of nitrogens with two attached hydrogens (primary N) is 1. The summed E-state index contributed by atoms with van der Waals surface area (Å²) in [4.78, 5) is 123. The molecule has 1 aromatic heterocycles. The molecule has 2 aromatic rings. The Kier molecular flexibility index (Phi) is 17.2. The Bertz CT molecular complexity index is 1890. The summed E-state index contributed by atoms with van der Waals surface area (Å²) in [5.41, 5.74) is 7.89. The average molecular weight is 845 g/mol. The third-order valence-electron chi connectivity index (χ3n) is 9.70. The van der Waals surface area contributed by atoms with Crippen LogP contribution >= 0.6 is 11.8 Å². The fourth-order valence-corrected chi connectivity index (χ4v) is 7.70. The van der Waals surface area contributed by atoms with Gasteiger partial charge in [0.2, 0.25) is 47.3 Å². The van der Waals surface area contributed by atoms with Gasteiger partial charge in [-0.3, -0.25) is 38.4 Å². The Morgan fingerprint density at radius 3 is 2.12 bits per heavy atom. The number of thioether (sulfide) groups is 1. The van der Waals surface area contributed by atoms with E-state index in [1.165, 1.54) is 11.8 Å². The van der Waals surface area contributed by atoms with Gasteiger partial charge in [-0.2, -0.15) is 0 Å². The van der Waals surface area contributed by atoms with Crippen LogP contribution in [0.3, 0.4) is 0 Å². The van der Waals surface area contributed by atoms with Gasteiger partial charge >= 0.3 is 0 Å². The number of benzene rings is 1. The summed E-state index contributed by atoms with van der Waals surface area (Å²) in [6.07, 6.45) is -1.60. The molecule has 0 aliphatic carbocycles. The van der Waals surface area contributed by atoms with E-state index in [0.29, 0.717) is 17.7 Å². The van der Waals surface area contributed by atoms with E-state index in [4.69, 9.17) is 5.73 Å². The molecular weight excluding hydrogens is 793 g/mol. The zero-order valence-electron chi connectivity index (χ0n) is 32.7. The molecule has 7 atom stereocenters. The normalized spacial score (nSPS) is 25.3. The Morgan fingerprint density at radius 2 is 1.46 bits per heavy atom. The number of carbonyl (C=O) groups is 9. The number of carbonyl (C=O) groups excluding carboxylic acids is 9. The fraction of sp³-hybridized carbons (Fsp3) is 0.541. The van der Waals surface area contributed by atoms with Gasteiger partial charge < -0.3 is 67.8 Å². The first-order valence-corrected chi connectivity index (χ1v) is 20.1. The molecule has 2 fully saturated rings. The second-order valence-corrected chi connectivity index (χ2v) is 15.3. The molecule has 8 amide bonds. The number of aldehydes is 1. The Labute approximate surface area is 343 Å². The number of para-hydroxylation sites is 1. The number of hydrogen-bond acceptors (Lipinski definition) is 13. The van der Waals surface area contributed by atoms with Crippen molar-refractivity contribution in [1.29, 1.82) is 0 Å². The molecule has 0 bridgehead atoms. The number of H-pyrrole nitrogens is 1. The first-order valence-electron chi connectivity index (χ1n) is 19.2. The summed E-state index contributed by atoms with van der Waals surface area (Å²) in [5, 5.41) is 38.3. The van der Waals surface area contributed by atoms with E-state index in [9.17, 15) is 53.4 Å². The van der Waals surface area contributed by atoms with E-state index in [0.717, 1.165) is 21.4 Å². The molecule has 0 saturated carbocycles. The maximum absolute atomic E-state index is 14.1. The van der Waals surface area contributed by atoms with E-state index < -0.39 is 129 Å². The molecule has 1 aromatic carbocycles. The monoisotopic (exact) mass is 844 g/mol. The highest BCUT2D eigenvalue weighted by Crippen LogP contribution is 2.29. The van der Waals surface area contributed by atoms with Crippen molar-refractivity contribution in [1.82, 2.24) is 47.1 Å². The van der Waals surface area contributed by atoms with Gasteiger partial charge in [-0.05, 0) is 31.4 Å². The topological polar surface area (TPSA) is 323 Å². The van der Waals surface area contributed by atoms with E-state index >= 15 is 0 Å². The maximum Gasteiger partial charge on any atom is 0.246 e. The van der Waals surface area contributed by atoms with Crippen LogP contribution in [0.25, 0.3) is 10.9 Å². The number of hydrogen-bond donors (Lipinski definition) is 11. The van der Waals surface area contributed by atoms with Crippen molar-refractivity contribution < 1.29 is 53.4 Å². The number of rotatable bonds is 10. The van der Waals surface area contributed by atoms with E-state index in [-0.39, 0.29) is 25.1 Å². The molecule has 2 saturated heterocycles. The van der Waals surface area contributed by atoms with Crippen LogP contribution in [0, 0.1) is 6.92 Å².